The number of aliphatic hydroxyl groups excluding tert-OH is 3. The van der Waals surface area contributed by atoms with Crippen LogP contribution in [0.2, 0.25) is 0 Å². The number of aliphatic hydroxyl groups is 3. The Morgan fingerprint density at radius 3 is 1.64 bits per heavy atom. The van der Waals surface area contributed by atoms with Crippen molar-refractivity contribution in [3.8, 4) is 0 Å². The van der Waals surface area contributed by atoms with Crippen LogP contribution >= 0.6 is 0 Å². The van der Waals surface area contributed by atoms with Crippen LogP contribution in [0.1, 0.15) is 168 Å². The number of rotatable bonds is 35. The molecule has 0 bridgehead atoms. The molecule has 1 aliphatic heterocycles. The monoisotopic (exact) mass is 817 g/mol. The maximum Gasteiger partial charge on any atom is 0.306 e. The molecule has 0 aliphatic carbocycles. The first-order chi connectivity index (χ1) is 27.0. The number of carbonyl (C=O) groups excluding carboxylic acids is 2. The second-order valence-electron chi connectivity index (χ2n) is 15.0. The maximum atomic E-state index is 12.7. The summed E-state index contributed by atoms with van der Waals surface area (Å²) in [5, 5.41) is 30.8. The van der Waals surface area contributed by atoms with Crippen LogP contribution in [0.3, 0.4) is 0 Å². The Morgan fingerprint density at radius 2 is 1.09 bits per heavy atom. The van der Waals surface area contributed by atoms with Crippen LogP contribution < -0.4 is 0 Å². The van der Waals surface area contributed by atoms with Gasteiger partial charge < -0.3 is 34.3 Å². The van der Waals surface area contributed by atoms with E-state index in [2.05, 4.69) is 44.2 Å². The Labute approximate surface area is 338 Å². The molecule has 0 amide bonds. The highest BCUT2D eigenvalue weighted by Gasteiger charge is 2.46. The predicted molar refractivity (Wildman–Crippen MR) is 219 cm³/mol. The first-order valence-electron chi connectivity index (χ1n) is 21.5. The minimum atomic E-state index is -4.60. The fourth-order valence-electron chi connectivity index (χ4n) is 6.34. The second kappa shape index (κ2) is 33.8. The van der Waals surface area contributed by atoms with Gasteiger partial charge in [0.05, 0.1) is 6.61 Å². The summed E-state index contributed by atoms with van der Waals surface area (Å²) in [5.74, 6) is -2.05. The molecule has 12 nitrogen and oxygen atoms in total. The van der Waals surface area contributed by atoms with E-state index < -0.39 is 71.2 Å². The molecule has 326 valence electrons. The van der Waals surface area contributed by atoms with Gasteiger partial charge in [0.1, 0.15) is 36.8 Å². The van der Waals surface area contributed by atoms with E-state index in [1.165, 1.54) is 83.5 Å². The van der Waals surface area contributed by atoms with Crippen molar-refractivity contribution >= 4 is 22.1 Å². The highest BCUT2D eigenvalue weighted by molar-refractivity contribution is 7.85. The lowest BCUT2D eigenvalue weighted by Gasteiger charge is -2.40. The summed E-state index contributed by atoms with van der Waals surface area (Å²) in [4.78, 5) is 25.3. The van der Waals surface area contributed by atoms with Gasteiger partial charge in [-0.25, -0.2) is 0 Å². The molecule has 1 rings (SSSR count). The van der Waals surface area contributed by atoms with Crippen LogP contribution in [-0.4, -0.2) is 96.0 Å². The van der Waals surface area contributed by atoms with Crippen molar-refractivity contribution in [1.29, 1.82) is 0 Å². The van der Waals surface area contributed by atoms with Gasteiger partial charge in [0, 0.05) is 12.8 Å². The third-order valence-electron chi connectivity index (χ3n) is 9.72. The van der Waals surface area contributed by atoms with Crippen LogP contribution in [0.15, 0.2) is 36.5 Å². The predicted octanol–water partition coefficient (Wildman–Crippen LogP) is 8.22. The second-order valence-corrected chi connectivity index (χ2v) is 16.5. The van der Waals surface area contributed by atoms with E-state index in [-0.39, 0.29) is 19.4 Å². The molecule has 6 atom stereocenters. The van der Waals surface area contributed by atoms with Crippen molar-refractivity contribution in [3.05, 3.63) is 36.5 Å². The standard InChI is InChI=1S/C43H76O12S/c1-3-5-7-9-11-13-15-16-17-18-19-20-22-23-25-27-29-31-38(44)52-33-36(54-39(45)32-30-28-26-24-21-14-12-10-8-6-4-2)34-53-43-42(48)41(47)40(46)37(55-43)35-56(49,50)51/h16-17,19-20,23,25,36-37,40-43,46-48H,3-15,18,21-22,24,26-35H2,1-2H3,(H,49,50,51)/b17-16+,20-19+,25-23+/t36-,37-,40-,41?,42?,43+/m1/s1. The Bertz CT molecular complexity index is 1190. The van der Waals surface area contributed by atoms with Crippen LogP contribution in [0.5, 0.6) is 0 Å². The summed E-state index contributed by atoms with van der Waals surface area (Å²) < 4.78 is 53.9. The Kier molecular flexibility index (Phi) is 31.3. The molecule has 0 spiro atoms. The van der Waals surface area contributed by atoms with Gasteiger partial charge in [-0.2, -0.15) is 8.42 Å². The van der Waals surface area contributed by atoms with E-state index in [0.717, 1.165) is 38.5 Å². The zero-order chi connectivity index (χ0) is 41.3. The van der Waals surface area contributed by atoms with Gasteiger partial charge in [0.25, 0.3) is 10.1 Å². The zero-order valence-electron chi connectivity index (χ0n) is 34.5. The van der Waals surface area contributed by atoms with Crippen molar-refractivity contribution in [2.75, 3.05) is 19.0 Å². The number of hydrogen-bond donors (Lipinski definition) is 4. The molecule has 1 fully saturated rings. The highest BCUT2D eigenvalue weighted by Crippen LogP contribution is 2.24. The molecule has 0 saturated carbocycles. The Balaban J connectivity index is 2.50. The molecule has 0 radical (unpaired) electrons. The van der Waals surface area contributed by atoms with Crippen LogP contribution in [0.25, 0.3) is 0 Å². The van der Waals surface area contributed by atoms with Gasteiger partial charge in [0.15, 0.2) is 12.4 Å². The van der Waals surface area contributed by atoms with Gasteiger partial charge >= 0.3 is 11.9 Å². The number of esters is 2. The lowest BCUT2D eigenvalue weighted by atomic mass is 10.00. The minimum absolute atomic E-state index is 0.148. The fraction of sp³-hybridized carbons (Fsp3) is 0.814. The van der Waals surface area contributed by atoms with Gasteiger partial charge in [0.2, 0.25) is 0 Å². The molecule has 1 heterocycles. The van der Waals surface area contributed by atoms with Crippen molar-refractivity contribution in [2.45, 2.75) is 205 Å². The molecular formula is C43H76O12S. The van der Waals surface area contributed by atoms with Gasteiger partial charge in [-0.3, -0.25) is 14.1 Å². The third-order valence-corrected chi connectivity index (χ3v) is 10.5. The highest BCUT2D eigenvalue weighted by atomic mass is 32.2. The summed E-state index contributed by atoms with van der Waals surface area (Å²) in [6.45, 7) is 3.68. The summed E-state index contributed by atoms with van der Waals surface area (Å²) >= 11 is 0. The summed E-state index contributed by atoms with van der Waals surface area (Å²) in [5.41, 5.74) is 0. The van der Waals surface area contributed by atoms with Crippen LogP contribution in [-0.2, 0) is 38.7 Å². The lowest BCUT2D eigenvalue weighted by molar-refractivity contribution is -0.297. The molecule has 56 heavy (non-hydrogen) atoms. The quantitative estimate of drug-likeness (QED) is 0.0208. The van der Waals surface area contributed by atoms with Crippen molar-refractivity contribution in [1.82, 2.24) is 0 Å². The van der Waals surface area contributed by atoms with E-state index in [1.807, 2.05) is 6.08 Å². The number of ether oxygens (including phenoxy) is 4. The summed E-state index contributed by atoms with van der Waals surface area (Å²) in [6, 6.07) is 0. The molecular weight excluding hydrogens is 741 g/mol. The first-order valence-corrected chi connectivity index (χ1v) is 23.2. The van der Waals surface area contributed by atoms with E-state index in [1.54, 1.807) is 0 Å². The largest absolute Gasteiger partial charge is 0.462 e. The molecule has 1 aliphatic rings. The smallest absolute Gasteiger partial charge is 0.306 e. The molecule has 0 aromatic carbocycles. The molecule has 0 aromatic rings. The van der Waals surface area contributed by atoms with E-state index in [0.29, 0.717) is 19.3 Å². The minimum Gasteiger partial charge on any atom is -0.462 e. The topological polar surface area (TPSA) is 186 Å². The molecule has 13 heteroatoms. The van der Waals surface area contributed by atoms with Crippen molar-refractivity contribution < 1.29 is 56.8 Å². The van der Waals surface area contributed by atoms with Crippen LogP contribution in [0, 0.1) is 0 Å². The zero-order valence-corrected chi connectivity index (χ0v) is 35.3. The lowest BCUT2D eigenvalue weighted by Crippen LogP contribution is -2.60. The Morgan fingerprint density at radius 1 is 0.607 bits per heavy atom. The summed E-state index contributed by atoms with van der Waals surface area (Å²) in [6.07, 6.45) is 27.8. The van der Waals surface area contributed by atoms with Crippen molar-refractivity contribution in [2.24, 2.45) is 0 Å². The van der Waals surface area contributed by atoms with Crippen molar-refractivity contribution in [3.63, 3.8) is 0 Å². The molecule has 2 unspecified atom stereocenters. The van der Waals surface area contributed by atoms with E-state index >= 15 is 0 Å². The number of allylic oxidation sites excluding steroid dienone is 6. The average Bonchev–Trinajstić information content (AvgIpc) is 3.16. The van der Waals surface area contributed by atoms with Crippen LogP contribution in [0.4, 0.5) is 0 Å². The first kappa shape index (κ1) is 51.9. The fourth-order valence-corrected chi connectivity index (χ4v) is 7.03. The van der Waals surface area contributed by atoms with E-state index in [4.69, 9.17) is 18.9 Å². The maximum absolute atomic E-state index is 12.7. The average molecular weight is 817 g/mol. The van der Waals surface area contributed by atoms with Gasteiger partial charge in [-0.15, -0.1) is 0 Å². The molecule has 1 saturated heterocycles. The number of hydrogen-bond acceptors (Lipinski definition) is 11. The van der Waals surface area contributed by atoms with Gasteiger partial charge in [-0.05, 0) is 44.9 Å². The molecule has 0 aromatic heterocycles. The molecule has 4 N–H and O–H groups in total. The van der Waals surface area contributed by atoms with Gasteiger partial charge in [-0.1, -0.05) is 147 Å². The SMILES string of the molecule is CCCCCCCC/C=C/C/C=C/C/C=C/CCCC(=O)OC[C@H](CO[C@H]1O[C@H](CS(=O)(=O)O)[C@@H](O)C(O)C1O)OC(=O)CCCCCCCCCCCCC. The van der Waals surface area contributed by atoms with E-state index in [9.17, 15) is 37.9 Å². The third kappa shape index (κ3) is 28.3. The Hall–Kier alpha value is -2.13. The number of carbonyl (C=O) groups is 2. The summed E-state index contributed by atoms with van der Waals surface area (Å²) in [7, 11) is -4.60. The normalized spacial score (nSPS) is 21.0. The number of unbranched alkanes of at least 4 members (excludes halogenated alkanes) is 17.